The highest BCUT2D eigenvalue weighted by Crippen LogP contribution is 2.25. The highest BCUT2D eigenvalue weighted by atomic mass is 19.4. The summed E-state index contributed by atoms with van der Waals surface area (Å²) in [6.45, 7) is 9.32. The summed E-state index contributed by atoms with van der Waals surface area (Å²) in [5.41, 5.74) is 0. The average Bonchev–Trinajstić information content (AvgIpc) is 2.15. The molecule has 0 rings (SSSR count). The monoisotopic (exact) mass is 253 g/mol. The van der Waals surface area contributed by atoms with Crippen LogP contribution in [0.25, 0.3) is 0 Å². The second-order valence-electron chi connectivity index (χ2n) is 5.21. The minimum Gasteiger partial charge on any atom is -0.313 e. The molecule has 0 amide bonds. The lowest BCUT2D eigenvalue weighted by Gasteiger charge is -2.29. The van der Waals surface area contributed by atoms with E-state index >= 15 is 0 Å². The zero-order valence-corrected chi connectivity index (χ0v) is 11.4. The van der Waals surface area contributed by atoms with E-state index in [2.05, 4.69) is 26.1 Å². The van der Waals surface area contributed by atoms with Crippen LogP contribution in [-0.2, 0) is 0 Å². The smallest absolute Gasteiger partial charge is 0.313 e. The summed E-state index contributed by atoms with van der Waals surface area (Å²) in [6, 6.07) is 0.322. The molecule has 0 aromatic carbocycles. The van der Waals surface area contributed by atoms with Gasteiger partial charge in [0, 0.05) is 12.5 Å². The van der Waals surface area contributed by atoms with Crippen LogP contribution in [0.1, 0.15) is 53.4 Å². The van der Waals surface area contributed by atoms with E-state index in [0.29, 0.717) is 24.3 Å². The minimum absolute atomic E-state index is 0.238. The molecule has 4 heteroatoms. The van der Waals surface area contributed by atoms with E-state index < -0.39 is 12.6 Å². The number of rotatable bonds is 8. The zero-order chi connectivity index (χ0) is 13.5. The quantitative estimate of drug-likeness (QED) is 0.677. The van der Waals surface area contributed by atoms with Crippen LogP contribution in [0.15, 0.2) is 0 Å². The molecule has 0 saturated heterocycles. The van der Waals surface area contributed by atoms with Crippen molar-refractivity contribution in [3.05, 3.63) is 0 Å². The molecule has 0 aromatic heterocycles. The molecule has 0 aromatic rings. The third kappa shape index (κ3) is 8.47. The molecule has 0 heterocycles. The van der Waals surface area contributed by atoms with E-state index in [9.17, 15) is 13.2 Å². The average molecular weight is 253 g/mol. The Morgan fingerprint density at radius 3 is 2.12 bits per heavy atom. The molecule has 1 nitrogen and oxygen atoms in total. The van der Waals surface area contributed by atoms with Crippen molar-refractivity contribution < 1.29 is 13.2 Å². The van der Waals surface area contributed by atoms with Gasteiger partial charge in [0.15, 0.2) is 0 Å². The van der Waals surface area contributed by atoms with Crippen LogP contribution >= 0.6 is 0 Å². The van der Waals surface area contributed by atoms with Gasteiger partial charge < -0.3 is 5.32 Å². The molecule has 0 aliphatic heterocycles. The van der Waals surface area contributed by atoms with Gasteiger partial charge in [-0.25, -0.2) is 0 Å². The highest BCUT2D eigenvalue weighted by molar-refractivity contribution is 4.76. The van der Waals surface area contributed by atoms with Crippen LogP contribution in [0.5, 0.6) is 0 Å². The molecule has 0 radical (unpaired) electrons. The Morgan fingerprint density at radius 1 is 1.12 bits per heavy atom. The standard InChI is InChI=1S/C13H26F3N/c1-5-9-17-12(10(2)3)11(4)7-6-8-13(14,15)16/h10-12,17H,5-9H2,1-4H3. The van der Waals surface area contributed by atoms with Crippen LogP contribution in [0.4, 0.5) is 13.2 Å². The lowest BCUT2D eigenvalue weighted by Crippen LogP contribution is -2.39. The van der Waals surface area contributed by atoms with Gasteiger partial charge in [-0.05, 0) is 37.6 Å². The first-order valence-corrected chi connectivity index (χ1v) is 6.58. The van der Waals surface area contributed by atoms with Crippen molar-refractivity contribution in [1.82, 2.24) is 5.32 Å². The zero-order valence-electron chi connectivity index (χ0n) is 11.4. The summed E-state index contributed by atoms with van der Waals surface area (Å²) in [5, 5.41) is 3.44. The molecule has 2 unspecified atom stereocenters. The summed E-state index contributed by atoms with van der Waals surface area (Å²) in [5.74, 6) is 0.756. The maximum Gasteiger partial charge on any atom is 0.389 e. The Hall–Kier alpha value is -0.250. The summed E-state index contributed by atoms with van der Waals surface area (Å²) < 4.78 is 36.2. The van der Waals surface area contributed by atoms with Gasteiger partial charge in [-0.3, -0.25) is 0 Å². The van der Waals surface area contributed by atoms with Crippen molar-refractivity contribution in [3.8, 4) is 0 Å². The van der Waals surface area contributed by atoms with E-state index in [-0.39, 0.29) is 6.42 Å². The lowest BCUT2D eigenvalue weighted by atomic mass is 9.88. The van der Waals surface area contributed by atoms with Crippen molar-refractivity contribution in [2.24, 2.45) is 11.8 Å². The lowest BCUT2D eigenvalue weighted by molar-refractivity contribution is -0.136. The highest BCUT2D eigenvalue weighted by Gasteiger charge is 2.27. The van der Waals surface area contributed by atoms with E-state index in [1.165, 1.54) is 0 Å². The van der Waals surface area contributed by atoms with Crippen LogP contribution in [0.2, 0.25) is 0 Å². The number of hydrogen-bond acceptors (Lipinski definition) is 1. The van der Waals surface area contributed by atoms with Crippen LogP contribution < -0.4 is 5.32 Å². The number of nitrogens with one attached hydrogen (secondary N) is 1. The van der Waals surface area contributed by atoms with Gasteiger partial charge in [0.2, 0.25) is 0 Å². The summed E-state index contributed by atoms with van der Waals surface area (Å²) >= 11 is 0. The van der Waals surface area contributed by atoms with E-state index in [1.54, 1.807) is 0 Å². The van der Waals surface area contributed by atoms with Gasteiger partial charge in [0.05, 0.1) is 0 Å². The molecular weight excluding hydrogens is 227 g/mol. The molecule has 0 bridgehead atoms. The first-order valence-electron chi connectivity index (χ1n) is 6.58. The summed E-state index contributed by atoms with van der Waals surface area (Å²) in [4.78, 5) is 0. The molecular formula is C13H26F3N. The Balaban J connectivity index is 4.01. The van der Waals surface area contributed by atoms with Crippen molar-refractivity contribution in [3.63, 3.8) is 0 Å². The number of alkyl halides is 3. The molecule has 2 atom stereocenters. The van der Waals surface area contributed by atoms with Crippen LogP contribution in [0, 0.1) is 11.8 Å². The minimum atomic E-state index is -4.01. The van der Waals surface area contributed by atoms with Crippen molar-refractivity contribution in [2.75, 3.05) is 6.54 Å². The fourth-order valence-electron chi connectivity index (χ4n) is 2.21. The van der Waals surface area contributed by atoms with Crippen LogP contribution in [-0.4, -0.2) is 18.8 Å². The molecule has 104 valence electrons. The van der Waals surface area contributed by atoms with Gasteiger partial charge in [-0.2, -0.15) is 13.2 Å². The van der Waals surface area contributed by atoms with E-state index in [1.807, 2.05) is 6.92 Å². The van der Waals surface area contributed by atoms with Gasteiger partial charge >= 0.3 is 6.18 Å². The van der Waals surface area contributed by atoms with Crippen LogP contribution in [0.3, 0.4) is 0 Å². The molecule has 0 saturated carbocycles. The number of hydrogen-bond donors (Lipinski definition) is 1. The van der Waals surface area contributed by atoms with Crippen molar-refractivity contribution in [1.29, 1.82) is 0 Å². The van der Waals surface area contributed by atoms with Gasteiger partial charge in [-0.1, -0.05) is 27.7 Å². The Labute approximate surface area is 103 Å². The SMILES string of the molecule is CCCNC(C(C)C)C(C)CCCC(F)(F)F. The summed E-state index contributed by atoms with van der Waals surface area (Å²) in [7, 11) is 0. The second-order valence-corrected chi connectivity index (χ2v) is 5.21. The molecule has 0 aliphatic rings. The molecule has 1 N–H and O–H groups in total. The first-order chi connectivity index (χ1) is 7.78. The first kappa shape index (κ1) is 16.8. The molecule has 17 heavy (non-hydrogen) atoms. The van der Waals surface area contributed by atoms with E-state index in [0.717, 1.165) is 13.0 Å². The van der Waals surface area contributed by atoms with E-state index in [4.69, 9.17) is 0 Å². The topological polar surface area (TPSA) is 12.0 Å². The third-order valence-corrected chi connectivity index (χ3v) is 3.08. The predicted octanol–water partition coefficient (Wildman–Crippen LogP) is 4.38. The van der Waals surface area contributed by atoms with Gasteiger partial charge in [0.25, 0.3) is 0 Å². The van der Waals surface area contributed by atoms with Gasteiger partial charge in [-0.15, -0.1) is 0 Å². The third-order valence-electron chi connectivity index (χ3n) is 3.08. The Bertz CT molecular complexity index is 190. The van der Waals surface area contributed by atoms with Crippen molar-refractivity contribution >= 4 is 0 Å². The summed E-state index contributed by atoms with van der Waals surface area (Å²) in [6.07, 6.45) is -2.74. The maximum absolute atomic E-state index is 12.1. The molecule has 0 fully saturated rings. The fraction of sp³-hybridized carbons (Fsp3) is 1.00. The van der Waals surface area contributed by atoms with Gasteiger partial charge in [0.1, 0.15) is 0 Å². The maximum atomic E-state index is 12.1. The molecule has 0 aliphatic carbocycles. The normalized spacial score (nSPS) is 16.2. The Kier molecular flexibility index (Phi) is 7.84. The van der Waals surface area contributed by atoms with Crippen molar-refractivity contribution in [2.45, 2.75) is 65.6 Å². The molecule has 0 spiro atoms. The largest absolute Gasteiger partial charge is 0.389 e. The Morgan fingerprint density at radius 2 is 1.71 bits per heavy atom. The predicted molar refractivity (Wildman–Crippen MR) is 66.0 cm³/mol. The fourth-order valence-corrected chi connectivity index (χ4v) is 2.21. The second kappa shape index (κ2) is 7.96. The number of halogens is 3.